The van der Waals surface area contributed by atoms with Crippen molar-refractivity contribution >= 4 is 18.4 Å². The van der Waals surface area contributed by atoms with Gasteiger partial charge in [-0.3, -0.25) is 0 Å². The predicted octanol–water partition coefficient (Wildman–Crippen LogP) is 4.54. The van der Waals surface area contributed by atoms with Gasteiger partial charge in [0.2, 0.25) is 0 Å². The van der Waals surface area contributed by atoms with Crippen LogP contribution >= 0.6 is 12.4 Å². The SMILES string of the molecule is Cl.O=C(O)c1cccc(-c2ccc(CNCCc3ccccc3F)o2)c1. The van der Waals surface area contributed by atoms with E-state index >= 15 is 0 Å². The molecule has 26 heavy (non-hydrogen) atoms. The Kier molecular flexibility index (Phi) is 6.95. The zero-order valence-electron chi connectivity index (χ0n) is 13.9. The molecule has 1 aromatic heterocycles. The number of nitrogens with one attached hydrogen (secondary N) is 1. The molecule has 0 fully saturated rings. The highest BCUT2D eigenvalue weighted by molar-refractivity contribution is 5.89. The number of hydrogen-bond donors (Lipinski definition) is 2. The Morgan fingerprint density at radius 2 is 1.88 bits per heavy atom. The number of halogens is 2. The van der Waals surface area contributed by atoms with E-state index in [0.717, 1.165) is 11.3 Å². The topological polar surface area (TPSA) is 62.5 Å². The molecular weight excluding hydrogens is 357 g/mol. The van der Waals surface area contributed by atoms with Crippen LogP contribution in [0.1, 0.15) is 21.7 Å². The minimum Gasteiger partial charge on any atom is -0.478 e. The van der Waals surface area contributed by atoms with Crippen molar-refractivity contribution in [2.75, 3.05) is 6.54 Å². The second-order valence-corrected chi connectivity index (χ2v) is 5.67. The Balaban J connectivity index is 0.00000243. The molecule has 0 atom stereocenters. The zero-order valence-corrected chi connectivity index (χ0v) is 14.8. The summed E-state index contributed by atoms with van der Waals surface area (Å²) in [6.07, 6.45) is 0.598. The summed E-state index contributed by atoms with van der Waals surface area (Å²) in [4.78, 5) is 11.0. The molecule has 1 heterocycles. The van der Waals surface area contributed by atoms with Gasteiger partial charge >= 0.3 is 5.97 Å². The number of benzene rings is 2. The smallest absolute Gasteiger partial charge is 0.335 e. The van der Waals surface area contributed by atoms with E-state index in [1.54, 1.807) is 36.4 Å². The second kappa shape index (κ2) is 9.17. The maximum atomic E-state index is 13.5. The minimum absolute atomic E-state index is 0. The van der Waals surface area contributed by atoms with Crippen molar-refractivity contribution in [3.63, 3.8) is 0 Å². The maximum absolute atomic E-state index is 13.5. The molecule has 136 valence electrons. The summed E-state index contributed by atoms with van der Waals surface area (Å²) in [5.41, 5.74) is 1.62. The number of rotatable bonds is 7. The maximum Gasteiger partial charge on any atom is 0.335 e. The van der Waals surface area contributed by atoms with Gasteiger partial charge in [-0.15, -0.1) is 12.4 Å². The lowest BCUT2D eigenvalue weighted by atomic mass is 10.1. The van der Waals surface area contributed by atoms with E-state index in [0.29, 0.717) is 30.8 Å². The van der Waals surface area contributed by atoms with Crippen LogP contribution in [0, 0.1) is 5.82 Å². The fraction of sp³-hybridized carbons (Fsp3) is 0.150. The van der Waals surface area contributed by atoms with Gasteiger partial charge in [-0.2, -0.15) is 0 Å². The Labute approximate surface area is 157 Å². The highest BCUT2D eigenvalue weighted by Gasteiger charge is 2.08. The summed E-state index contributed by atoms with van der Waals surface area (Å²) < 4.78 is 19.3. The molecule has 0 unspecified atom stereocenters. The number of carboxylic acids is 1. The van der Waals surface area contributed by atoms with Crippen LogP contribution < -0.4 is 5.32 Å². The number of aromatic carboxylic acids is 1. The molecule has 0 aliphatic rings. The van der Waals surface area contributed by atoms with Crippen LogP contribution in [0.2, 0.25) is 0 Å². The van der Waals surface area contributed by atoms with Gasteiger partial charge in [0.05, 0.1) is 12.1 Å². The van der Waals surface area contributed by atoms with Crippen LogP contribution in [0.5, 0.6) is 0 Å². The monoisotopic (exact) mass is 375 g/mol. The Bertz CT molecular complexity index is 879. The molecule has 0 spiro atoms. The predicted molar refractivity (Wildman–Crippen MR) is 100 cm³/mol. The van der Waals surface area contributed by atoms with Gasteiger partial charge in [0.25, 0.3) is 0 Å². The first-order valence-electron chi connectivity index (χ1n) is 8.00. The van der Waals surface area contributed by atoms with Crippen molar-refractivity contribution in [1.82, 2.24) is 5.32 Å². The van der Waals surface area contributed by atoms with Gasteiger partial charge in [0.1, 0.15) is 17.3 Å². The van der Waals surface area contributed by atoms with Gasteiger partial charge in [0, 0.05) is 5.56 Å². The third-order valence-electron chi connectivity index (χ3n) is 3.88. The summed E-state index contributed by atoms with van der Waals surface area (Å²) >= 11 is 0. The highest BCUT2D eigenvalue weighted by Crippen LogP contribution is 2.23. The fourth-order valence-corrected chi connectivity index (χ4v) is 2.57. The summed E-state index contributed by atoms with van der Waals surface area (Å²) in [7, 11) is 0. The first-order valence-corrected chi connectivity index (χ1v) is 8.00. The third kappa shape index (κ3) is 4.94. The normalized spacial score (nSPS) is 10.3. The largest absolute Gasteiger partial charge is 0.478 e. The standard InChI is InChI=1S/C20H18FNO3.ClH/c21-18-7-2-1-4-14(18)10-11-22-13-17-8-9-19(25-17)15-5-3-6-16(12-15)20(23)24;/h1-9,12,22H,10-11,13H2,(H,23,24);1H. The Hall–Kier alpha value is -2.63. The molecule has 3 rings (SSSR count). The molecule has 6 heteroatoms. The molecule has 0 aliphatic carbocycles. The van der Waals surface area contributed by atoms with Crippen LogP contribution in [-0.2, 0) is 13.0 Å². The Morgan fingerprint density at radius 3 is 2.65 bits per heavy atom. The third-order valence-corrected chi connectivity index (χ3v) is 3.88. The molecule has 3 aromatic rings. The van der Waals surface area contributed by atoms with Crippen LogP contribution in [0.3, 0.4) is 0 Å². The van der Waals surface area contributed by atoms with Crippen molar-refractivity contribution in [3.8, 4) is 11.3 Å². The lowest BCUT2D eigenvalue weighted by Crippen LogP contribution is -2.16. The van der Waals surface area contributed by atoms with E-state index in [9.17, 15) is 9.18 Å². The summed E-state index contributed by atoms with van der Waals surface area (Å²) in [5, 5.41) is 12.3. The number of carboxylic acid groups (broad SMARTS) is 1. The number of carbonyl (C=O) groups is 1. The lowest BCUT2D eigenvalue weighted by molar-refractivity contribution is 0.0697. The van der Waals surface area contributed by atoms with Gasteiger partial charge in [-0.25, -0.2) is 9.18 Å². The van der Waals surface area contributed by atoms with E-state index in [-0.39, 0.29) is 23.8 Å². The van der Waals surface area contributed by atoms with E-state index in [2.05, 4.69) is 5.32 Å². The summed E-state index contributed by atoms with van der Waals surface area (Å²) in [6.45, 7) is 1.15. The molecule has 2 aromatic carbocycles. The van der Waals surface area contributed by atoms with E-state index < -0.39 is 5.97 Å². The van der Waals surface area contributed by atoms with Gasteiger partial charge in [0.15, 0.2) is 0 Å². The van der Waals surface area contributed by atoms with Crippen molar-refractivity contribution < 1.29 is 18.7 Å². The number of hydrogen-bond acceptors (Lipinski definition) is 3. The van der Waals surface area contributed by atoms with Crippen molar-refractivity contribution in [3.05, 3.63) is 83.4 Å². The Morgan fingerprint density at radius 1 is 1.08 bits per heavy atom. The second-order valence-electron chi connectivity index (χ2n) is 5.67. The van der Waals surface area contributed by atoms with Crippen LogP contribution in [0.4, 0.5) is 4.39 Å². The van der Waals surface area contributed by atoms with Gasteiger partial charge < -0.3 is 14.8 Å². The molecule has 0 saturated heterocycles. The van der Waals surface area contributed by atoms with E-state index in [1.165, 1.54) is 6.07 Å². The molecule has 0 bridgehead atoms. The highest BCUT2D eigenvalue weighted by atomic mass is 35.5. The molecule has 2 N–H and O–H groups in total. The lowest BCUT2D eigenvalue weighted by Gasteiger charge is -2.04. The number of furan rings is 1. The van der Waals surface area contributed by atoms with Crippen LogP contribution in [-0.4, -0.2) is 17.6 Å². The first kappa shape index (κ1) is 19.7. The molecule has 0 radical (unpaired) electrons. The fourth-order valence-electron chi connectivity index (χ4n) is 2.57. The molecular formula is C20H19ClFNO3. The zero-order chi connectivity index (χ0) is 17.6. The average Bonchev–Trinajstić information content (AvgIpc) is 3.09. The van der Waals surface area contributed by atoms with Crippen molar-refractivity contribution in [2.45, 2.75) is 13.0 Å². The average molecular weight is 376 g/mol. The summed E-state index contributed by atoms with van der Waals surface area (Å²) in [6, 6.07) is 17.0. The molecule has 0 amide bonds. The van der Waals surface area contributed by atoms with Crippen LogP contribution in [0.25, 0.3) is 11.3 Å². The minimum atomic E-state index is -0.969. The van der Waals surface area contributed by atoms with Crippen molar-refractivity contribution in [1.29, 1.82) is 0 Å². The quantitative estimate of drug-likeness (QED) is 0.595. The van der Waals surface area contributed by atoms with Gasteiger partial charge in [-0.1, -0.05) is 30.3 Å². The van der Waals surface area contributed by atoms with E-state index in [4.69, 9.17) is 9.52 Å². The molecule has 0 aliphatic heterocycles. The summed E-state index contributed by atoms with van der Waals surface area (Å²) in [5.74, 6) is 0.199. The first-order chi connectivity index (χ1) is 12.1. The molecule has 0 saturated carbocycles. The van der Waals surface area contributed by atoms with Gasteiger partial charge in [-0.05, 0) is 48.9 Å². The van der Waals surface area contributed by atoms with Crippen molar-refractivity contribution in [2.24, 2.45) is 0 Å². The van der Waals surface area contributed by atoms with E-state index in [1.807, 2.05) is 18.2 Å². The van der Waals surface area contributed by atoms with Crippen LogP contribution in [0.15, 0.2) is 65.1 Å². The molecule has 4 nitrogen and oxygen atoms in total.